The van der Waals surface area contributed by atoms with Crippen LogP contribution in [0.15, 0.2) is 30.6 Å². The number of ether oxygens (including phenoxy) is 1. The monoisotopic (exact) mass is 391 g/mol. The molecule has 2 unspecified atom stereocenters. The van der Waals surface area contributed by atoms with Crippen molar-refractivity contribution >= 4 is 17.0 Å². The molecule has 3 aromatic rings. The van der Waals surface area contributed by atoms with Gasteiger partial charge in [-0.15, -0.1) is 0 Å². The van der Waals surface area contributed by atoms with Gasteiger partial charge in [0.15, 0.2) is 11.5 Å². The van der Waals surface area contributed by atoms with Gasteiger partial charge in [-0.1, -0.05) is 31.4 Å². The summed E-state index contributed by atoms with van der Waals surface area (Å²) in [5.41, 5.74) is 7.37. The normalized spacial score (nSPS) is 21.6. The first-order valence-electron chi connectivity index (χ1n) is 9.82. The van der Waals surface area contributed by atoms with Gasteiger partial charge in [0.1, 0.15) is 16.9 Å². The van der Waals surface area contributed by atoms with Crippen molar-refractivity contribution in [2.24, 2.45) is 5.92 Å². The van der Waals surface area contributed by atoms with Gasteiger partial charge in [-0.25, -0.2) is 15.0 Å². The van der Waals surface area contributed by atoms with Gasteiger partial charge in [0.25, 0.3) is 0 Å². The van der Waals surface area contributed by atoms with Crippen molar-refractivity contribution < 1.29 is 9.84 Å². The standard InChI is InChI=1S/C22H25N5O2/c1-15-4-3-10-22(28,12-15)11-9-18-25-20(23)19-21(26-18)27(14-24-19)13-16-5-7-17(29-2)8-6-16/h5-8,14-15,28H,3-4,10,12-13H2,1-2H3,(H2,23,25,26). The number of methoxy groups -OCH3 is 1. The Hall–Kier alpha value is -3.11. The van der Waals surface area contributed by atoms with Crippen molar-refractivity contribution in [1.82, 2.24) is 19.5 Å². The van der Waals surface area contributed by atoms with Gasteiger partial charge < -0.3 is 20.1 Å². The lowest BCUT2D eigenvalue weighted by molar-refractivity contribution is 0.0410. The number of aromatic nitrogens is 4. The third-order valence-electron chi connectivity index (χ3n) is 5.38. The fourth-order valence-electron chi connectivity index (χ4n) is 3.87. The molecule has 2 atom stereocenters. The second kappa shape index (κ2) is 7.72. The second-order valence-electron chi connectivity index (χ2n) is 7.81. The van der Waals surface area contributed by atoms with Gasteiger partial charge in [-0.05, 0) is 48.8 Å². The Balaban J connectivity index is 1.64. The molecule has 29 heavy (non-hydrogen) atoms. The lowest BCUT2D eigenvalue weighted by Gasteiger charge is -2.30. The third kappa shape index (κ3) is 4.17. The van der Waals surface area contributed by atoms with Crippen molar-refractivity contribution in [3.63, 3.8) is 0 Å². The molecule has 1 aliphatic carbocycles. The van der Waals surface area contributed by atoms with E-state index in [-0.39, 0.29) is 5.82 Å². The highest BCUT2D eigenvalue weighted by molar-refractivity contribution is 5.82. The summed E-state index contributed by atoms with van der Waals surface area (Å²) in [4.78, 5) is 13.2. The van der Waals surface area contributed by atoms with E-state index in [4.69, 9.17) is 10.5 Å². The molecule has 3 N–H and O–H groups in total. The van der Waals surface area contributed by atoms with Crippen LogP contribution in [-0.2, 0) is 6.54 Å². The Morgan fingerprint density at radius 3 is 2.83 bits per heavy atom. The molecule has 1 saturated carbocycles. The quantitative estimate of drug-likeness (QED) is 0.666. The number of benzene rings is 1. The second-order valence-corrected chi connectivity index (χ2v) is 7.81. The van der Waals surface area contributed by atoms with Crippen LogP contribution < -0.4 is 10.5 Å². The van der Waals surface area contributed by atoms with Gasteiger partial charge in [0.05, 0.1) is 20.0 Å². The van der Waals surface area contributed by atoms with E-state index in [2.05, 4.69) is 33.7 Å². The molecule has 7 heteroatoms. The molecule has 0 saturated heterocycles. The maximum atomic E-state index is 10.7. The van der Waals surface area contributed by atoms with Crippen LogP contribution in [0.5, 0.6) is 5.75 Å². The van der Waals surface area contributed by atoms with Crippen LogP contribution in [0.25, 0.3) is 11.2 Å². The van der Waals surface area contributed by atoms with E-state index in [0.717, 1.165) is 24.2 Å². The summed E-state index contributed by atoms with van der Waals surface area (Å²) >= 11 is 0. The number of anilines is 1. The number of aliphatic hydroxyl groups is 1. The number of hydrogen-bond acceptors (Lipinski definition) is 6. The van der Waals surface area contributed by atoms with E-state index in [1.54, 1.807) is 13.4 Å². The maximum Gasteiger partial charge on any atom is 0.209 e. The molecule has 0 amide bonds. The summed E-state index contributed by atoms with van der Waals surface area (Å²) in [7, 11) is 1.64. The molecular formula is C22H25N5O2. The average molecular weight is 391 g/mol. The predicted octanol–water partition coefficient (Wildman–Crippen LogP) is 2.76. The summed E-state index contributed by atoms with van der Waals surface area (Å²) in [6.07, 6.45) is 5.16. The number of imidazole rings is 1. The molecule has 0 aliphatic heterocycles. The van der Waals surface area contributed by atoms with Crippen LogP contribution in [0.4, 0.5) is 5.82 Å². The molecule has 7 nitrogen and oxygen atoms in total. The van der Waals surface area contributed by atoms with E-state index < -0.39 is 5.60 Å². The molecule has 0 radical (unpaired) electrons. The minimum atomic E-state index is -0.978. The third-order valence-corrected chi connectivity index (χ3v) is 5.38. The van der Waals surface area contributed by atoms with Gasteiger partial charge in [0.2, 0.25) is 5.82 Å². The molecule has 4 rings (SSSR count). The van der Waals surface area contributed by atoms with Gasteiger partial charge in [-0.3, -0.25) is 0 Å². The Morgan fingerprint density at radius 1 is 1.31 bits per heavy atom. The predicted molar refractivity (Wildman–Crippen MR) is 111 cm³/mol. The Morgan fingerprint density at radius 2 is 2.10 bits per heavy atom. The molecule has 1 aliphatic rings. The zero-order valence-corrected chi connectivity index (χ0v) is 16.7. The molecule has 0 spiro atoms. The van der Waals surface area contributed by atoms with E-state index in [9.17, 15) is 5.11 Å². The minimum Gasteiger partial charge on any atom is -0.497 e. The van der Waals surface area contributed by atoms with Crippen molar-refractivity contribution in [2.75, 3.05) is 12.8 Å². The first kappa shape index (κ1) is 19.2. The van der Waals surface area contributed by atoms with E-state index in [1.807, 2.05) is 28.8 Å². The van der Waals surface area contributed by atoms with Crippen LogP contribution >= 0.6 is 0 Å². The lowest BCUT2D eigenvalue weighted by atomic mass is 9.79. The van der Waals surface area contributed by atoms with Crippen molar-refractivity contribution in [1.29, 1.82) is 0 Å². The van der Waals surface area contributed by atoms with E-state index >= 15 is 0 Å². The number of nitrogens with zero attached hydrogens (tertiary/aromatic N) is 4. The molecule has 150 valence electrons. The zero-order chi connectivity index (χ0) is 20.4. The first-order chi connectivity index (χ1) is 14.0. The maximum absolute atomic E-state index is 10.7. The molecular weight excluding hydrogens is 366 g/mol. The van der Waals surface area contributed by atoms with Gasteiger partial charge in [-0.2, -0.15) is 0 Å². The smallest absolute Gasteiger partial charge is 0.209 e. The van der Waals surface area contributed by atoms with E-state index in [1.165, 1.54) is 0 Å². The highest BCUT2D eigenvalue weighted by atomic mass is 16.5. The summed E-state index contributed by atoms with van der Waals surface area (Å²) in [6.45, 7) is 2.73. The number of nitrogen functional groups attached to an aromatic ring is 1. The molecule has 0 bridgehead atoms. The van der Waals surface area contributed by atoms with E-state index in [0.29, 0.717) is 42.3 Å². The summed E-state index contributed by atoms with van der Waals surface area (Å²) < 4.78 is 7.12. The topological polar surface area (TPSA) is 99.1 Å². The van der Waals surface area contributed by atoms with Gasteiger partial charge >= 0.3 is 0 Å². The number of nitrogens with two attached hydrogens (primary N) is 1. The Bertz CT molecular complexity index is 1080. The fraction of sp³-hybridized carbons (Fsp3) is 0.409. The SMILES string of the molecule is COc1ccc(Cn2cnc3c(N)nc(C#CC4(O)CCCC(C)C4)nc32)cc1. The minimum absolute atomic E-state index is 0.289. The Labute approximate surface area is 170 Å². The highest BCUT2D eigenvalue weighted by Gasteiger charge is 2.30. The molecule has 2 aromatic heterocycles. The summed E-state index contributed by atoms with van der Waals surface area (Å²) in [5.74, 6) is 7.80. The Kier molecular flexibility index (Phi) is 5.12. The molecule has 2 heterocycles. The summed E-state index contributed by atoms with van der Waals surface area (Å²) in [5, 5.41) is 10.7. The van der Waals surface area contributed by atoms with Crippen LogP contribution in [0.3, 0.4) is 0 Å². The van der Waals surface area contributed by atoms with Crippen LogP contribution in [0.2, 0.25) is 0 Å². The van der Waals surface area contributed by atoms with Crippen molar-refractivity contribution in [2.45, 2.75) is 44.8 Å². The van der Waals surface area contributed by atoms with Crippen LogP contribution in [-0.4, -0.2) is 37.3 Å². The molecule has 1 aromatic carbocycles. The largest absolute Gasteiger partial charge is 0.497 e. The number of fused-ring (bicyclic) bond motifs is 1. The van der Waals surface area contributed by atoms with Crippen molar-refractivity contribution in [3.05, 3.63) is 42.0 Å². The van der Waals surface area contributed by atoms with Crippen LogP contribution in [0.1, 0.15) is 44.0 Å². The molecule has 1 fully saturated rings. The van der Waals surface area contributed by atoms with Crippen molar-refractivity contribution in [3.8, 4) is 17.6 Å². The lowest BCUT2D eigenvalue weighted by Crippen LogP contribution is -2.32. The fourth-order valence-corrected chi connectivity index (χ4v) is 3.87. The summed E-state index contributed by atoms with van der Waals surface area (Å²) in [6, 6.07) is 7.83. The van der Waals surface area contributed by atoms with Gasteiger partial charge in [0, 0.05) is 0 Å². The highest BCUT2D eigenvalue weighted by Crippen LogP contribution is 2.31. The number of hydrogen-bond donors (Lipinski definition) is 2. The zero-order valence-electron chi connectivity index (χ0n) is 16.7. The number of rotatable bonds is 3. The first-order valence-corrected chi connectivity index (χ1v) is 9.82. The van der Waals surface area contributed by atoms with Crippen LogP contribution in [0, 0.1) is 17.8 Å². The average Bonchev–Trinajstić information content (AvgIpc) is 3.10.